The zero-order valence-electron chi connectivity index (χ0n) is 16.2. The highest BCUT2D eigenvalue weighted by Gasteiger charge is 2.15. The average molecular weight is 363 g/mol. The van der Waals surface area contributed by atoms with Crippen LogP contribution < -0.4 is 10.7 Å². The fraction of sp³-hybridized carbons (Fsp3) is 0.318. The van der Waals surface area contributed by atoms with Gasteiger partial charge < -0.3 is 5.32 Å². The van der Waals surface area contributed by atoms with Crippen LogP contribution >= 0.6 is 0 Å². The molecule has 0 bridgehead atoms. The number of hydrogen-bond acceptors (Lipinski definition) is 3. The van der Waals surface area contributed by atoms with E-state index in [-0.39, 0.29) is 29.3 Å². The van der Waals surface area contributed by atoms with E-state index in [2.05, 4.69) is 55.5 Å². The van der Waals surface area contributed by atoms with Crippen LogP contribution in [0.5, 0.6) is 0 Å². The van der Waals surface area contributed by atoms with Crippen LogP contribution in [0.15, 0.2) is 59.5 Å². The van der Waals surface area contributed by atoms with Gasteiger partial charge in [-0.05, 0) is 35.6 Å². The van der Waals surface area contributed by atoms with E-state index in [0.717, 1.165) is 5.56 Å². The van der Waals surface area contributed by atoms with Gasteiger partial charge in [-0.2, -0.15) is 5.10 Å². The van der Waals surface area contributed by atoms with Gasteiger partial charge in [0.2, 0.25) is 11.3 Å². The number of amides is 1. The number of carbonyl (C=O) groups excluding carboxylic acids is 1. The van der Waals surface area contributed by atoms with E-state index >= 15 is 0 Å². The minimum Gasteiger partial charge on any atom is -0.348 e. The summed E-state index contributed by atoms with van der Waals surface area (Å²) < 4.78 is 1.56. The Kier molecular flexibility index (Phi) is 5.13. The predicted molar refractivity (Wildman–Crippen MR) is 108 cm³/mol. The maximum atomic E-state index is 12.5. The van der Waals surface area contributed by atoms with Crippen molar-refractivity contribution in [3.63, 3.8) is 0 Å². The molecule has 5 nitrogen and oxygen atoms in total. The van der Waals surface area contributed by atoms with Crippen LogP contribution in [-0.4, -0.2) is 15.7 Å². The van der Waals surface area contributed by atoms with Crippen molar-refractivity contribution >= 4 is 16.8 Å². The first kappa shape index (κ1) is 18.8. The fourth-order valence-electron chi connectivity index (χ4n) is 3.07. The summed E-state index contributed by atoms with van der Waals surface area (Å²) in [6.07, 6.45) is 1.25. The Morgan fingerprint density at radius 1 is 1.11 bits per heavy atom. The number of rotatable bonds is 4. The molecule has 27 heavy (non-hydrogen) atoms. The zero-order chi connectivity index (χ0) is 19.6. The molecule has 0 saturated carbocycles. The highest BCUT2D eigenvalue weighted by Crippen LogP contribution is 2.23. The molecule has 1 aromatic heterocycles. The van der Waals surface area contributed by atoms with Crippen molar-refractivity contribution in [2.24, 2.45) is 0 Å². The molecule has 1 N–H and O–H groups in total. The first-order valence-corrected chi connectivity index (χ1v) is 9.10. The van der Waals surface area contributed by atoms with E-state index in [1.54, 1.807) is 22.9 Å². The third-order valence-corrected chi connectivity index (χ3v) is 4.71. The van der Waals surface area contributed by atoms with Gasteiger partial charge >= 0.3 is 0 Å². The first-order chi connectivity index (χ1) is 12.8. The maximum Gasteiger partial charge on any atom is 0.242 e. The van der Waals surface area contributed by atoms with Crippen molar-refractivity contribution in [3.05, 3.63) is 76.1 Å². The molecule has 1 heterocycles. The van der Waals surface area contributed by atoms with Gasteiger partial charge in [0.1, 0.15) is 6.54 Å². The van der Waals surface area contributed by atoms with Gasteiger partial charge in [-0.15, -0.1) is 0 Å². The summed E-state index contributed by atoms with van der Waals surface area (Å²) >= 11 is 0. The summed E-state index contributed by atoms with van der Waals surface area (Å²) in [5.41, 5.74) is 2.92. The highest BCUT2D eigenvalue weighted by molar-refractivity contribution is 5.81. The summed E-state index contributed by atoms with van der Waals surface area (Å²) in [5, 5.41) is 7.67. The monoisotopic (exact) mass is 363 g/mol. The lowest BCUT2D eigenvalue weighted by Crippen LogP contribution is -2.31. The normalized spacial score (nSPS) is 12.7. The van der Waals surface area contributed by atoms with Gasteiger partial charge in [-0.1, -0.05) is 57.2 Å². The van der Waals surface area contributed by atoms with Crippen molar-refractivity contribution in [1.82, 2.24) is 15.1 Å². The molecule has 0 radical (unpaired) electrons. The summed E-state index contributed by atoms with van der Waals surface area (Å²) in [5.74, 6) is -0.149. The molecule has 2 aromatic carbocycles. The van der Waals surface area contributed by atoms with E-state index in [4.69, 9.17) is 0 Å². The molecule has 3 rings (SSSR count). The standard InChI is InChI=1S/C22H25N3O2/c1-15(16-9-11-17(12-10-16)22(2,3)4)24-21(27)14-25-19-8-6-5-7-18(19)20(26)13-23-25/h5-13,15H,14H2,1-4H3,(H,24,27). The van der Waals surface area contributed by atoms with Gasteiger partial charge in [-0.3, -0.25) is 14.3 Å². The number of fused-ring (bicyclic) bond motifs is 1. The quantitative estimate of drug-likeness (QED) is 0.771. The van der Waals surface area contributed by atoms with Gasteiger partial charge in [0.05, 0.1) is 17.8 Å². The molecule has 1 amide bonds. The Labute approximate surface area is 159 Å². The Bertz CT molecular complexity index is 1010. The molecular weight excluding hydrogens is 338 g/mol. The number of nitrogens with one attached hydrogen (secondary N) is 1. The number of aromatic nitrogens is 2. The lowest BCUT2D eigenvalue weighted by atomic mass is 9.86. The molecule has 0 saturated heterocycles. The second-order valence-corrected chi connectivity index (χ2v) is 7.84. The summed E-state index contributed by atoms with van der Waals surface area (Å²) in [6, 6.07) is 15.4. The Balaban J connectivity index is 1.73. The van der Waals surface area contributed by atoms with Crippen LogP contribution in [0.2, 0.25) is 0 Å². The molecule has 0 aliphatic carbocycles. The largest absolute Gasteiger partial charge is 0.348 e. The van der Waals surface area contributed by atoms with Crippen LogP contribution in [0.1, 0.15) is 44.9 Å². The predicted octanol–water partition coefficient (Wildman–Crippen LogP) is 3.57. The van der Waals surface area contributed by atoms with E-state index in [1.165, 1.54) is 11.8 Å². The van der Waals surface area contributed by atoms with Gasteiger partial charge in [0.15, 0.2) is 0 Å². The summed E-state index contributed by atoms with van der Waals surface area (Å²) in [6.45, 7) is 8.55. The molecular formula is C22H25N3O2. The van der Waals surface area contributed by atoms with Crippen LogP contribution in [0.4, 0.5) is 0 Å². The summed E-state index contributed by atoms with van der Waals surface area (Å²) in [7, 11) is 0. The molecule has 140 valence electrons. The van der Waals surface area contributed by atoms with E-state index in [9.17, 15) is 9.59 Å². The molecule has 5 heteroatoms. The minimum atomic E-state index is -0.149. The molecule has 0 spiro atoms. The molecule has 1 atom stereocenters. The van der Waals surface area contributed by atoms with Gasteiger partial charge in [-0.25, -0.2) is 0 Å². The average Bonchev–Trinajstić information content (AvgIpc) is 2.63. The van der Waals surface area contributed by atoms with E-state index in [0.29, 0.717) is 10.9 Å². The van der Waals surface area contributed by atoms with Crippen molar-refractivity contribution in [1.29, 1.82) is 0 Å². The smallest absolute Gasteiger partial charge is 0.242 e. The minimum absolute atomic E-state index is 0.0607. The van der Waals surface area contributed by atoms with Gasteiger partial charge in [0, 0.05) is 5.39 Å². The SMILES string of the molecule is CC(NC(=O)Cn1ncc(=O)c2ccccc21)c1ccc(C(C)(C)C)cc1. The third-order valence-electron chi connectivity index (χ3n) is 4.71. The molecule has 1 unspecified atom stereocenters. The molecule has 0 aliphatic heterocycles. The maximum absolute atomic E-state index is 12.5. The van der Waals surface area contributed by atoms with Crippen LogP contribution in [0, 0.1) is 0 Å². The second kappa shape index (κ2) is 7.35. The lowest BCUT2D eigenvalue weighted by molar-refractivity contribution is -0.122. The molecule has 3 aromatic rings. The number of para-hydroxylation sites is 1. The number of hydrogen-bond donors (Lipinski definition) is 1. The molecule has 0 fully saturated rings. The zero-order valence-corrected chi connectivity index (χ0v) is 16.2. The van der Waals surface area contributed by atoms with Crippen molar-refractivity contribution < 1.29 is 4.79 Å². The van der Waals surface area contributed by atoms with Crippen molar-refractivity contribution in [3.8, 4) is 0 Å². The second-order valence-electron chi connectivity index (χ2n) is 7.84. The van der Waals surface area contributed by atoms with Crippen LogP contribution in [0.3, 0.4) is 0 Å². The number of benzene rings is 2. The fourth-order valence-corrected chi connectivity index (χ4v) is 3.07. The van der Waals surface area contributed by atoms with Gasteiger partial charge in [0.25, 0.3) is 0 Å². The number of nitrogens with zero attached hydrogens (tertiary/aromatic N) is 2. The van der Waals surface area contributed by atoms with Crippen LogP contribution in [0.25, 0.3) is 10.9 Å². The number of carbonyl (C=O) groups is 1. The lowest BCUT2D eigenvalue weighted by Gasteiger charge is -2.21. The Hall–Kier alpha value is -2.95. The van der Waals surface area contributed by atoms with Crippen molar-refractivity contribution in [2.45, 2.75) is 45.7 Å². The highest BCUT2D eigenvalue weighted by atomic mass is 16.2. The first-order valence-electron chi connectivity index (χ1n) is 9.10. The topological polar surface area (TPSA) is 64.0 Å². The van der Waals surface area contributed by atoms with E-state index in [1.807, 2.05) is 13.0 Å². The van der Waals surface area contributed by atoms with Crippen LogP contribution in [-0.2, 0) is 16.8 Å². The Morgan fingerprint density at radius 3 is 2.44 bits per heavy atom. The van der Waals surface area contributed by atoms with Crippen molar-refractivity contribution in [2.75, 3.05) is 0 Å². The molecule has 0 aliphatic rings. The van der Waals surface area contributed by atoms with E-state index < -0.39 is 0 Å². The summed E-state index contributed by atoms with van der Waals surface area (Å²) in [4.78, 5) is 24.4. The Morgan fingerprint density at radius 2 is 1.78 bits per heavy atom. The third kappa shape index (κ3) is 4.25.